The summed E-state index contributed by atoms with van der Waals surface area (Å²) in [6.45, 7) is 0.973. The zero-order chi connectivity index (χ0) is 8.10. The van der Waals surface area contributed by atoms with Crippen LogP contribution in [0.4, 0.5) is 0 Å². The Morgan fingerprint density at radius 1 is 1.64 bits per heavy atom. The van der Waals surface area contributed by atoms with Crippen LogP contribution in [0, 0.1) is 0 Å². The molecule has 0 spiro atoms. The molecule has 0 saturated carbocycles. The lowest BCUT2D eigenvalue weighted by Gasteiger charge is -2.26. The summed E-state index contributed by atoms with van der Waals surface area (Å²) in [5.41, 5.74) is 0. The van der Waals surface area contributed by atoms with E-state index >= 15 is 0 Å². The first kappa shape index (κ1) is 8.68. The minimum Gasteiger partial charge on any atom is -0.391 e. The van der Waals surface area contributed by atoms with Crippen molar-refractivity contribution in [2.45, 2.75) is 37.8 Å². The maximum Gasteiger partial charge on any atom is 0.122 e. The fourth-order valence-corrected chi connectivity index (χ4v) is 1.47. The minimum atomic E-state index is -0.479. The van der Waals surface area contributed by atoms with Crippen LogP contribution >= 0.6 is 0 Å². The van der Waals surface area contributed by atoms with Crippen LogP contribution in [0.5, 0.6) is 0 Å². The Bertz CT molecular complexity index is 121. The van der Waals surface area contributed by atoms with Gasteiger partial charge < -0.3 is 15.2 Å². The highest BCUT2D eigenvalue weighted by Crippen LogP contribution is 2.11. The second-order valence-electron chi connectivity index (χ2n) is 3.03. The molecule has 3 nitrogen and oxygen atoms in total. The lowest BCUT2D eigenvalue weighted by atomic mass is 9.98. The smallest absolute Gasteiger partial charge is 0.122 e. The number of aldehydes is 1. The van der Waals surface area contributed by atoms with Gasteiger partial charge in [-0.1, -0.05) is 6.42 Å². The highest BCUT2D eigenvalue weighted by Gasteiger charge is 2.19. The van der Waals surface area contributed by atoms with Crippen LogP contribution in [0.25, 0.3) is 0 Å². The lowest BCUT2D eigenvalue weighted by Crippen LogP contribution is -2.43. The fourth-order valence-electron chi connectivity index (χ4n) is 1.47. The van der Waals surface area contributed by atoms with Crippen molar-refractivity contribution in [1.29, 1.82) is 0 Å². The van der Waals surface area contributed by atoms with E-state index in [4.69, 9.17) is 0 Å². The van der Waals surface area contributed by atoms with E-state index in [0.717, 1.165) is 25.7 Å². The number of rotatable bonds is 3. The van der Waals surface area contributed by atoms with Crippen LogP contribution in [-0.2, 0) is 4.79 Å². The van der Waals surface area contributed by atoms with Crippen LogP contribution < -0.4 is 5.32 Å². The Morgan fingerprint density at radius 2 is 2.45 bits per heavy atom. The molecule has 1 fully saturated rings. The van der Waals surface area contributed by atoms with Gasteiger partial charge in [-0.3, -0.25) is 0 Å². The van der Waals surface area contributed by atoms with E-state index < -0.39 is 6.10 Å². The Kier molecular flexibility index (Phi) is 3.52. The number of nitrogens with one attached hydrogen (secondary N) is 1. The Hall–Kier alpha value is -0.410. The summed E-state index contributed by atoms with van der Waals surface area (Å²) in [6, 6.07) is 0.147. The Labute approximate surface area is 66.8 Å². The van der Waals surface area contributed by atoms with E-state index in [9.17, 15) is 9.90 Å². The predicted octanol–water partition coefficient (Wildman–Crippen LogP) is 0.0784. The molecule has 1 saturated heterocycles. The van der Waals surface area contributed by atoms with Crippen LogP contribution in [0.3, 0.4) is 0 Å². The van der Waals surface area contributed by atoms with Crippen molar-refractivity contribution in [3.8, 4) is 0 Å². The van der Waals surface area contributed by atoms with Gasteiger partial charge in [-0.05, 0) is 19.4 Å². The number of piperidine rings is 1. The third-order valence-electron chi connectivity index (χ3n) is 2.15. The summed E-state index contributed by atoms with van der Waals surface area (Å²) in [4.78, 5) is 10.1. The molecule has 1 aliphatic rings. The van der Waals surface area contributed by atoms with Crippen molar-refractivity contribution in [3.05, 3.63) is 0 Å². The van der Waals surface area contributed by atoms with Gasteiger partial charge >= 0.3 is 0 Å². The van der Waals surface area contributed by atoms with Gasteiger partial charge in [-0.15, -0.1) is 0 Å². The van der Waals surface area contributed by atoms with Gasteiger partial charge in [0.15, 0.2) is 0 Å². The Balaban J connectivity index is 2.26. The normalized spacial score (nSPS) is 27.9. The topological polar surface area (TPSA) is 49.3 Å². The summed E-state index contributed by atoms with van der Waals surface area (Å²) in [5, 5.41) is 12.6. The largest absolute Gasteiger partial charge is 0.391 e. The van der Waals surface area contributed by atoms with Crippen molar-refractivity contribution in [1.82, 2.24) is 5.32 Å². The minimum absolute atomic E-state index is 0.147. The first-order valence-corrected chi connectivity index (χ1v) is 4.19. The summed E-state index contributed by atoms with van der Waals surface area (Å²) in [6.07, 6.45) is 3.90. The standard InChI is InChI=1S/C8H15NO2/c10-6-4-8(11)7-3-1-2-5-9-7/h6-9,11H,1-5H2/t7-,8+/m0/s1. The van der Waals surface area contributed by atoms with Crippen molar-refractivity contribution in [2.75, 3.05) is 6.54 Å². The maximum atomic E-state index is 10.1. The van der Waals surface area contributed by atoms with Gasteiger partial charge in [0, 0.05) is 12.5 Å². The van der Waals surface area contributed by atoms with Gasteiger partial charge in [-0.2, -0.15) is 0 Å². The van der Waals surface area contributed by atoms with E-state index in [0.29, 0.717) is 0 Å². The summed E-state index contributed by atoms with van der Waals surface area (Å²) >= 11 is 0. The van der Waals surface area contributed by atoms with Gasteiger partial charge in [0.25, 0.3) is 0 Å². The third-order valence-corrected chi connectivity index (χ3v) is 2.15. The Morgan fingerprint density at radius 3 is 3.00 bits per heavy atom. The molecule has 0 unspecified atom stereocenters. The van der Waals surface area contributed by atoms with Crippen molar-refractivity contribution >= 4 is 6.29 Å². The highest BCUT2D eigenvalue weighted by molar-refractivity contribution is 5.50. The number of aliphatic hydroxyl groups excluding tert-OH is 1. The quantitative estimate of drug-likeness (QED) is 0.570. The van der Waals surface area contributed by atoms with Crippen LogP contribution in [0.1, 0.15) is 25.7 Å². The summed E-state index contributed by atoms with van der Waals surface area (Å²) < 4.78 is 0. The van der Waals surface area contributed by atoms with Gasteiger partial charge in [0.05, 0.1) is 6.10 Å². The second kappa shape index (κ2) is 4.46. The molecule has 11 heavy (non-hydrogen) atoms. The number of aliphatic hydroxyl groups is 1. The van der Waals surface area contributed by atoms with Crippen molar-refractivity contribution in [2.24, 2.45) is 0 Å². The average Bonchev–Trinajstić information content (AvgIpc) is 2.07. The third kappa shape index (κ3) is 2.60. The molecule has 3 heteroatoms. The van der Waals surface area contributed by atoms with Crippen molar-refractivity contribution in [3.63, 3.8) is 0 Å². The number of hydrogen-bond acceptors (Lipinski definition) is 3. The van der Waals surface area contributed by atoms with E-state index in [1.54, 1.807) is 0 Å². The van der Waals surface area contributed by atoms with E-state index in [-0.39, 0.29) is 12.5 Å². The van der Waals surface area contributed by atoms with E-state index in [1.165, 1.54) is 6.42 Å². The van der Waals surface area contributed by atoms with E-state index in [1.807, 2.05) is 0 Å². The predicted molar refractivity (Wildman–Crippen MR) is 42.3 cm³/mol. The highest BCUT2D eigenvalue weighted by atomic mass is 16.3. The molecule has 1 rings (SSSR count). The average molecular weight is 157 g/mol. The lowest BCUT2D eigenvalue weighted by molar-refractivity contribution is -0.109. The molecule has 2 N–H and O–H groups in total. The van der Waals surface area contributed by atoms with Gasteiger partial charge in [0.2, 0.25) is 0 Å². The first-order chi connectivity index (χ1) is 5.34. The zero-order valence-corrected chi connectivity index (χ0v) is 6.62. The second-order valence-corrected chi connectivity index (χ2v) is 3.03. The number of carbonyl (C=O) groups excluding carboxylic acids is 1. The molecule has 0 radical (unpaired) electrons. The van der Waals surface area contributed by atoms with Crippen LogP contribution in [0.2, 0.25) is 0 Å². The molecular formula is C8H15NO2. The monoisotopic (exact) mass is 157 g/mol. The zero-order valence-electron chi connectivity index (χ0n) is 6.62. The molecule has 0 amide bonds. The van der Waals surface area contributed by atoms with Crippen LogP contribution in [0.15, 0.2) is 0 Å². The van der Waals surface area contributed by atoms with E-state index in [2.05, 4.69) is 5.32 Å². The molecular weight excluding hydrogens is 142 g/mol. The van der Waals surface area contributed by atoms with Gasteiger partial charge in [-0.25, -0.2) is 0 Å². The molecule has 1 aliphatic heterocycles. The van der Waals surface area contributed by atoms with Gasteiger partial charge in [0.1, 0.15) is 6.29 Å². The molecule has 64 valence electrons. The van der Waals surface area contributed by atoms with Crippen molar-refractivity contribution < 1.29 is 9.90 Å². The summed E-state index contributed by atoms with van der Waals surface area (Å²) in [7, 11) is 0. The maximum absolute atomic E-state index is 10.1. The fraction of sp³-hybridized carbons (Fsp3) is 0.875. The summed E-state index contributed by atoms with van der Waals surface area (Å²) in [5.74, 6) is 0. The molecule has 0 bridgehead atoms. The molecule has 1 heterocycles. The number of carbonyl (C=O) groups is 1. The molecule has 0 aromatic rings. The SMILES string of the molecule is O=CC[C@@H](O)[C@@H]1CCCCN1. The van der Waals surface area contributed by atoms with Crippen LogP contribution in [-0.4, -0.2) is 30.1 Å². The number of hydrogen-bond donors (Lipinski definition) is 2. The molecule has 2 atom stereocenters. The molecule has 0 aliphatic carbocycles. The molecule has 0 aromatic carbocycles. The molecule has 0 aromatic heterocycles. The first-order valence-electron chi connectivity index (χ1n) is 4.19.